The smallest absolute Gasteiger partial charge is 0.322 e. The number of rotatable bonds is 2. The van der Waals surface area contributed by atoms with E-state index >= 15 is 0 Å². The van der Waals surface area contributed by atoms with Crippen LogP contribution in [0, 0.1) is 6.92 Å². The van der Waals surface area contributed by atoms with Crippen molar-refractivity contribution in [2.75, 3.05) is 29.9 Å². The molecule has 0 radical (unpaired) electrons. The molecule has 2 aromatic carbocycles. The number of para-hydroxylation sites is 1. The van der Waals surface area contributed by atoms with Gasteiger partial charge in [-0.05, 0) is 59.6 Å². The fourth-order valence-corrected chi connectivity index (χ4v) is 3.47. The molecule has 1 fully saturated rings. The maximum absolute atomic E-state index is 12.5. The van der Waals surface area contributed by atoms with Crippen LogP contribution in [0.5, 0.6) is 0 Å². The second-order valence-corrected chi connectivity index (χ2v) is 7.09. The lowest BCUT2D eigenvalue weighted by Gasteiger charge is -2.41. The highest BCUT2D eigenvalue weighted by Gasteiger charge is 2.27. The molecule has 1 N–H and O–H groups in total. The zero-order chi connectivity index (χ0) is 17.1. The Morgan fingerprint density at radius 3 is 2.67 bits per heavy atom. The van der Waals surface area contributed by atoms with Gasteiger partial charge in [0, 0.05) is 35.8 Å². The number of anilines is 2. The SMILES string of the molecule is Cc1cccc(N2CCN(C(=O)Nc3ccccc3Br)CC2C)c1. The highest BCUT2D eigenvalue weighted by Crippen LogP contribution is 2.24. The molecule has 3 rings (SSSR count). The fourth-order valence-electron chi connectivity index (χ4n) is 3.09. The molecule has 2 aromatic rings. The van der Waals surface area contributed by atoms with Crippen LogP contribution in [-0.2, 0) is 0 Å². The lowest BCUT2D eigenvalue weighted by molar-refractivity contribution is 0.200. The van der Waals surface area contributed by atoms with Gasteiger partial charge in [0.2, 0.25) is 0 Å². The first kappa shape index (κ1) is 16.8. The largest absolute Gasteiger partial charge is 0.365 e. The van der Waals surface area contributed by atoms with E-state index in [2.05, 4.69) is 64.3 Å². The summed E-state index contributed by atoms with van der Waals surface area (Å²) >= 11 is 3.47. The Balaban J connectivity index is 1.65. The van der Waals surface area contributed by atoms with Crippen molar-refractivity contribution >= 4 is 33.3 Å². The van der Waals surface area contributed by atoms with Gasteiger partial charge in [-0.1, -0.05) is 24.3 Å². The molecule has 1 unspecified atom stereocenters. The molecule has 0 aromatic heterocycles. The van der Waals surface area contributed by atoms with Crippen molar-refractivity contribution in [3.63, 3.8) is 0 Å². The van der Waals surface area contributed by atoms with Crippen LogP contribution in [0.15, 0.2) is 53.0 Å². The van der Waals surface area contributed by atoms with Crippen LogP contribution < -0.4 is 10.2 Å². The molecule has 24 heavy (non-hydrogen) atoms. The average Bonchev–Trinajstić information content (AvgIpc) is 2.56. The summed E-state index contributed by atoms with van der Waals surface area (Å²) in [4.78, 5) is 16.8. The van der Waals surface area contributed by atoms with Crippen LogP contribution in [0.4, 0.5) is 16.2 Å². The first-order valence-corrected chi connectivity index (χ1v) is 8.97. The van der Waals surface area contributed by atoms with Gasteiger partial charge in [0.1, 0.15) is 0 Å². The summed E-state index contributed by atoms with van der Waals surface area (Å²) in [5.74, 6) is 0. The van der Waals surface area contributed by atoms with Crippen molar-refractivity contribution in [1.29, 1.82) is 0 Å². The van der Waals surface area contributed by atoms with E-state index in [1.807, 2.05) is 29.2 Å². The highest BCUT2D eigenvalue weighted by molar-refractivity contribution is 9.10. The van der Waals surface area contributed by atoms with Crippen LogP contribution >= 0.6 is 15.9 Å². The van der Waals surface area contributed by atoms with Crippen molar-refractivity contribution in [1.82, 2.24) is 4.90 Å². The molecule has 1 aliphatic heterocycles. The summed E-state index contributed by atoms with van der Waals surface area (Å²) < 4.78 is 0.893. The van der Waals surface area contributed by atoms with Crippen molar-refractivity contribution in [2.45, 2.75) is 19.9 Å². The maximum atomic E-state index is 12.5. The summed E-state index contributed by atoms with van der Waals surface area (Å²) in [6.07, 6.45) is 0. The van der Waals surface area contributed by atoms with Crippen LogP contribution in [0.3, 0.4) is 0 Å². The van der Waals surface area contributed by atoms with E-state index < -0.39 is 0 Å². The quantitative estimate of drug-likeness (QED) is 0.822. The van der Waals surface area contributed by atoms with Gasteiger partial charge >= 0.3 is 6.03 Å². The Hall–Kier alpha value is -2.01. The number of benzene rings is 2. The third-order valence-electron chi connectivity index (χ3n) is 4.36. The van der Waals surface area contributed by atoms with Gasteiger partial charge in [-0.25, -0.2) is 4.79 Å². The van der Waals surface area contributed by atoms with Gasteiger partial charge in [-0.15, -0.1) is 0 Å². The van der Waals surface area contributed by atoms with Crippen molar-refractivity contribution in [3.8, 4) is 0 Å². The number of nitrogens with zero attached hydrogens (tertiary/aromatic N) is 2. The molecule has 1 heterocycles. The fraction of sp³-hybridized carbons (Fsp3) is 0.316. The van der Waals surface area contributed by atoms with E-state index in [4.69, 9.17) is 0 Å². The second-order valence-electron chi connectivity index (χ2n) is 6.24. The number of hydrogen-bond donors (Lipinski definition) is 1. The van der Waals surface area contributed by atoms with Crippen LogP contribution in [0.2, 0.25) is 0 Å². The lowest BCUT2D eigenvalue weighted by Crippen LogP contribution is -2.54. The molecule has 0 saturated carbocycles. The third kappa shape index (κ3) is 3.73. The summed E-state index contributed by atoms with van der Waals surface area (Å²) in [7, 11) is 0. The molecule has 0 bridgehead atoms. The maximum Gasteiger partial charge on any atom is 0.322 e. The molecular formula is C19H22BrN3O. The zero-order valence-electron chi connectivity index (χ0n) is 14.0. The Kier molecular flexibility index (Phi) is 5.09. The van der Waals surface area contributed by atoms with E-state index in [0.717, 1.165) is 16.7 Å². The number of carbonyl (C=O) groups is 1. The minimum absolute atomic E-state index is 0.0438. The number of aryl methyl sites for hydroxylation is 1. The van der Waals surface area contributed by atoms with Crippen LogP contribution in [0.1, 0.15) is 12.5 Å². The summed E-state index contributed by atoms with van der Waals surface area (Å²) in [6, 6.07) is 16.4. The van der Waals surface area contributed by atoms with Gasteiger partial charge in [0.05, 0.1) is 5.69 Å². The minimum Gasteiger partial charge on any atom is -0.365 e. The molecule has 1 atom stereocenters. The standard InChI is InChI=1S/C19H22BrN3O/c1-14-6-5-7-16(12-14)23-11-10-22(13-15(23)2)19(24)21-18-9-4-3-8-17(18)20/h3-9,12,15H,10-11,13H2,1-2H3,(H,21,24). The predicted octanol–water partition coefficient (Wildman–Crippen LogP) is 4.50. The summed E-state index contributed by atoms with van der Waals surface area (Å²) in [6.45, 7) is 6.54. The van der Waals surface area contributed by atoms with E-state index in [1.54, 1.807) is 0 Å². The van der Waals surface area contributed by atoms with E-state index in [9.17, 15) is 4.79 Å². The first-order chi connectivity index (χ1) is 11.5. The van der Waals surface area contributed by atoms with Gasteiger partial charge in [-0.3, -0.25) is 0 Å². The molecule has 4 nitrogen and oxygen atoms in total. The number of halogens is 1. The molecule has 0 aliphatic carbocycles. The number of piperazine rings is 1. The molecule has 1 aliphatic rings. The molecule has 1 saturated heterocycles. The monoisotopic (exact) mass is 387 g/mol. The van der Waals surface area contributed by atoms with E-state index in [1.165, 1.54) is 11.3 Å². The Morgan fingerprint density at radius 2 is 1.96 bits per heavy atom. The number of amides is 2. The predicted molar refractivity (Wildman–Crippen MR) is 103 cm³/mol. The summed E-state index contributed by atoms with van der Waals surface area (Å²) in [5, 5.41) is 2.99. The van der Waals surface area contributed by atoms with Crippen LogP contribution in [-0.4, -0.2) is 36.6 Å². The van der Waals surface area contributed by atoms with Crippen molar-refractivity contribution in [3.05, 3.63) is 58.6 Å². The first-order valence-electron chi connectivity index (χ1n) is 8.18. The molecule has 2 amide bonds. The zero-order valence-corrected chi connectivity index (χ0v) is 15.6. The highest BCUT2D eigenvalue weighted by atomic mass is 79.9. The Labute approximate surface area is 151 Å². The third-order valence-corrected chi connectivity index (χ3v) is 5.05. The number of hydrogen-bond acceptors (Lipinski definition) is 2. The minimum atomic E-state index is -0.0438. The average molecular weight is 388 g/mol. The van der Waals surface area contributed by atoms with Gasteiger partial charge in [0.15, 0.2) is 0 Å². The van der Waals surface area contributed by atoms with E-state index in [-0.39, 0.29) is 12.1 Å². The Morgan fingerprint density at radius 1 is 1.17 bits per heavy atom. The van der Waals surface area contributed by atoms with Crippen molar-refractivity contribution in [2.24, 2.45) is 0 Å². The molecule has 5 heteroatoms. The molecule has 126 valence electrons. The number of urea groups is 1. The summed E-state index contributed by atoms with van der Waals surface area (Å²) in [5.41, 5.74) is 3.29. The van der Waals surface area contributed by atoms with Gasteiger partial charge < -0.3 is 15.1 Å². The molecule has 0 spiro atoms. The van der Waals surface area contributed by atoms with E-state index in [0.29, 0.717) is 13.1 Å². The topological polar surface area (TPSA) is 35.6 Å². The number of nitrogens with one attached hydrogen (secondary N) is 1. The Bertz CT molecular complexity index is 734. The second kappa shape index (κ2) is 7.26. The van der Waals surface area contributed by atoms with Gasteiger partial charge in [0.25, 0.3) is 0 Å². The van der Waals surface area contributed by atoms with Gasteiger partial charge in [-0.2, -0.15) is 0 Å². The van der Waals surface area contributed by atoms with Crippen LogP contribution in [0.25, 0.3) is 0 Å². The normalized spacial score (nSPS) is 17.7. The van der Waals surface area contributed by atoms with Crippen molar-refractivity contribution < 1.29 is 4.79 Å². The number of carbonyl (C=O) groups excluding carboxylic acids is 1. The lowest BCUT2D eigenvalue weighted by atomic mass is 10.1. The molecular weight excluding hydrogens is 366 g/mol.